The van der Waals surface area contributed by atoms with Gasteiger partial charge < -0.3 is 20.1 Å². The molecule has 0 amide bonds. The molecule has 2 atom stereocenters. The topological polar surface area (TPSA) is 104 Å². The summed E-state index contributed by atoms with van der Waals surface area (Å²) in [5, 5.41) is 24.9. The fourth-order valence-corrected chi connectivity index (χ4v) is 0.259. The minimum atomic E-state index is -2.21. The lowest BCUT2D eigenvalue weighted by atomic mass is 10.4. The van der Waals surface area contributed by atoms with Gasteiger partial charge in [0, 0.05) is 0 Å². The molecule has 3 N–H and O–H groups in total. The third kappa shape index (κ3) is 3.54. The molecule has 0 aromatic heterocycles. The second kappa shape index (κ2) is 3.89. The Morgan fingerprint density at radius 1 is 1.36 bits per heavy atom. The maximum Gasteiger partial charge on any atom is 0.373 e. The minimum Gasteiger partial charge on any atom is -0.477 e. The number of aliphatic hydroxyl groups is 2. The Labute approximate surface area is 62.0 Å². The van der Waals surface area contributed by atoms with Crippen LogP contribution in [-0.2, 0) is 14.3 Å². The number of hydrogen-bond donors (Lipinski definition) is 3. The van der Waals surface area contributed by atoms with Crippen LogP contribution in [-0.4, -0.2) is 39.7 Å². The van der Waals surface area contributed by atoms with Crippen molar-refractivity contribution in [2.75, 3.05) is 0 Å². The van der Waals surface area contributed by atoms with Crippen LogP contribution in [0, 0.1) is 0 Å². The van der Waals surface area contributed by atoms with E-state index in [-0.39, 0.29) is 0 Å². The molecule has 0 radical (unpaired) electrons. The van der Waals surface area contributed by atoms with E-state index in [1.807, 2.05) is 0 Å². The lowest BCUT2D eigenvalue weighted by Crippen LogP contribution is -2.30. The molecule has 0 bridgehead atoms. The number of ether oxygens (including phenoxy) is 1. The first-order valence-corrected chi connectivity index (χ1v) is 2.74. The molecule has 64 valence electrons. The van der Waals surface area contributed by atoms with Gasteiger partial charge in [-0.15, -0.1) is 0 Å². The average Bonchev–Trinajstić information content (AvgIpc) is 1.87. The second-order valence-corrected chi connectivity index (χ2v) is 1.80. The SMILES string of the molecule is CC(O)C(=O)OC(O)C(=O)O. The summed E-state index contributed by atoms with van der Waals surface area (Å²) in [5.41, 5.74) is 0. The Morgan fingerprint density at radius 3 is 2.09 bits per heavy atom. The molecule has 0 rings (SSSR count). The first kappa shape index (κ1) is 9.86. The molecule has 6 heteroatoms. The lowest BCUT2D eigenvalue weighted by molar-refractivity contribution is -0.191. The molecule has 0 saturated heterocycles. The first-order valence-electron chi connectivity index (χ1n) is 2.74. The van der Waals surface area contributed by atoms with E-state index in [0.29, 0.717) is 0 Å². The van der Waals surface area contributed by atoms with E-state index in [0.717, 1.165) is 6.92 Å². The number of carbonyl (C=O) groups is 2. The average molecular weight is 164 g/mol. The molecule has 6 nitrogen and oxygen atoms in total. The van der Waals surface area contributed by atoms with E-state index in [9.17, 15) is 9.59 Å². The van der Waals surface area contributed by atoms with Crippen molar-refractivity contribution in [3.8, 4) is 0 Å². The van der Waals surface area contributed by atoms with Gasteiger partial charge in [-0.3, -0.25) is 0 Å². The molecule has 0 aliphatic rings. The van der Waals surface area contributed by atoms with Crippen LogP contribution in [0.25, 0.3) is 0 Å². The summed E-state index contributed by atoms with van der Waals surface area (Å²) in [4.78, 5) is 20.2. The molecular weight excluding hydrogens is 156 g/mol. The van der Waals surface area contributed by atoms with E-state index >= 15 is 0 Å². The van der Waals surface area contributed by atoms with E-state index in [1.165, 1.54) is 0 Å². The van der Waals surface area contributed by atoms with Crippen molar-refractivity contribution in [1.29, 1.82) is 0 Å². The van der Waals surface area contributed by atoms with Crippen LogP contribution in [0.3, 0.4) is 0 Å². The molecule has 0 spiro atoms. The van der Waals surface area contributed by atoms with Gasteiger partial charge in [0.2, 0.25) is 0 Å². The molecule has 0 fully saturated rings. The zero-order valence-electron chi connectivity index (χ0n) is 5.72. The van der Waals surface area contributed by atoms with E-state index in [1.54, 1.807) is 0 Å². The van der Waals surface area contributed by atoms with Gasteiger partial charge in [-0.1, -0.05) is 0 Å². The fourth-order valence-electron chi connectivity index (χ4n) is 0.259. The van der Waals surface area contributed by atoms with Crippen molar-refractivity contribution >= 4 is 11.9 Å². The lowest BCUT2D eigenvalue weighted by Gasteiger charge is -2.08. The van der Waals surface area contributed by atoms with Crippen LogP contribution >= 0.6 is 0 Å². The van der Waals surface area contributed by atoms with Gasteiger partial charge in [0.25, 0.3) is 6.29 Å². The summed E-state index contributed by atoms with van der Waals surface area (Å²) >= 11 is 0. The van der Waals surface area contributed by atoms with Crippen LogP contribution in [0.4, 0.5) is 0 Å². The number of esters is 1. The fraction of sp³-hybridized carbons (Fsp3) is 0.600. The summed E-state index contributed by atoms with van der Waals surface area (Å²) in [6.45, 7) is 1.09. The Morgan fingerprint density at radius 2 is 1.82 bits per heavy atom. The van der Waals surface area contributed by atoms with Crippen molar-refractivity contribution in [3.63, 3.8) is 0 Å². The van der Waals surface area contributed by atoms with Crippen LogP contribution in [0.1, 0.15) is 6.92 Å². The third-order valence-corrected chi connectivity index (χ3v) is 0.780. The minimum absolute atomic E-state index is 1.09. The zero-order valence-corrected chi connectivity index (χ0v) is 5.72. The second-order valence-electron chi connectivity index (χ2n) is 1.80. The van der Waals surface area contributed by atoms with Crippen molar-refractivity contribution in [3.05, 3.63) is 0 Å². The Bertz CT molecular complexity index is 162. The standard InChI is InChI=1S/C5H8O6/c1-2(6)4(9)11-5(10)3(7)8/h2,5-6,10H,1H3,(H,7,8). The number of carboxylic acid groups (broad SMARTS) is 1. The first-order chi connectivity index (χ1) is 4.95. The van der Waals surface area contributed by atoms with E-state index in [4.69, 9.17) is 15.3 Å². The Balaban J connectivity index is 3.85. The molecule has 0 aliphatic heterocycles. The maximum atomic E-state index is 10.4. The number of aliphatic hydroxyl groups excluding tert-OH is 2. The van der Waals surface area contributed by atoms with Crippen LogP contribution in [0.15, 0.2) is 0 Å². The van der Waals surface area contributed by atoms with E-state index < -0.39 is 24.3 Å². The van der Waals surface area contributed by atoms with Crippen molar-refractivity contribution in [1.82, 2.24) is 0 Å². The summed E-state index contributed by atoms with van der Waals surface area (Å²) in [6.07, 6.45) is -3.65. The third-order valence-electron chi connectivity index (χ3n) is 0.780. The molecular formula is C5H8O6. The summed E-state index contributed by atoms with van der Waals surface area (Å²) in [7, 11) is 0. The normalized spacial score (nSPS) is 15.2. The number of hydrogen-bond acceptors (Lipinski definition) is 5. The van der Waals surface area contributed by atoms with Crippen LogP contribution in [0.2, 0.25) is 0 Å². The van der Waals surface area contributed by atoms with Gasteiger partial charge in [0.15, 0.2) is 0 Å². The highest BCUT2D eigenvalue weighted by Gasteiger charge is 2.20. The number of carboxylic acids is 1. The highest BCUT2D eigenvalue weighted by Crippen LogP contribution is 1.92. The smallest absolute Gasteiger partial charge is 0.373 e. The molecule has 0 aromatic carbocycles. The van der Waals surface area contributed by atoms with Gasteiger partial charge in [-0.2, -0.15) is 0 Å². The molecule has 0 saturated carbocycles. The van der Waals surface area contributed by atoms with Crippen LogP contribution < -0.4 is 0 Å². The Kier molecular flexibility index (Phi) is 3.49. The predicted molar refractivity (Wildman–Crippen MR) is 31.4 cm³/mol. The molecule has 2 unspecified atom stereocenters. The molecule has 0 heterocycles. The predicted octanol–water partition coefficient (Wildman–Crippen LogP) is -1.69. The van der Waals surface area contributed by atoms with Gasteiger partial charge in [-0.25, -0.2) is 9.59 Å². The number of aliphatic carboxylic acids is 1. The highest BCUT2D eigenvalue weighted by atomic mass is 16.7. The summed E-state index contributed by atoms with van der Waals surface area (Å²) < 4.78 is 3.84. The van der Waals surface area contributed by atoms with Crippen LogP contribution in [0.5, 0.6) is 0 Å². The summed E-state index contributed by atoms with van der Waals surface area (Å²) in [5.74, 6) is -2.86. The monoisotopic (exact) mass is 164 g/mol. The largest absolute Gasteiger partial charge is 0.477 e. The molecule has 0 aromatic rings. The summed E-state index contributed by atoms with van der Waals surface area (Å²) in [6, 6.07) is 0. The van der Waals surface area contributed by atoms with E-state index in [2.05, 4.69) is 4.74 Å². The van der Waals surface area contributed by atoms with Gasteiger partial charge in [0.05, 0.1) is 0 Å². The molecule has 0 aliphatic carbocycles. The van der Waals surface area contributed by atoms with Crippen molar-refractivity contribution in [2.24, 2.45) is 0 Å². The van der Waals surface area contributed by atoms with Gasteiger partial charge >= 0.3 is 11.9 Å². The Hall–Kier alpha value is -1.14. The maximum absolute atomic E-state index is 10.4. The van der Waals surface area contributed by atoms with Crippen molar-refractivity contribution < 1.29 is 29.6 Å². The van der Waals surface area contributed by atoms with Gasteiger partial charge in [0.1, 0.15) is 6.10 Å². The van der Waals surface area contributed by atoms with Gasteiger partial charge in [-0.05, 0) is 6.92 Å². The quantitative estimate of drug-likeness (QED) is 0.339. The number of carbonyl (C=O) groups excluding carboxylic acids is 1. The highest BCUT2D eigenvalue weighted by molar-refractivity contribution is 5.78. The zero-order chi connectivity index (χ0) is 9.02. The number of rotatable bonds is 3. The van der Waals surface area contributed by atoms with Crippen molar-refractivity contribution in [2.45, 2.75) is 19.3 Å². The molecule has 11 heavy (non-hydrogen) atoms.